The fourth-order valence-corrected chi connectivity index (χ4v) is 2.44. The molecule has 1 aromatic rings. The predicted octanol–water partition coefficient (Wildman–Crippen LogP) is 2.59. The molecule has 0 aromatic carbocycles. The van der Waals surface area contributed by atoms with Crippen LogP contribution in [0.1, 0.15) is 44.0 Å². The summed E-state index contributed by atoms with van der Waals surface area (Å²) in [6.07, 6.45) is 2.59. The lowest BCUT2D eigenvalue weighted by Gasteiger charge is -2.31. The first-order valence-corrected chi connectivity index (χ1v) is 7.14. The molecule has 2 N–H and O–H groups in total. The molecular weight excluding hydrogens is 252 g/mol. The second kappa shape index (κ2) is 7.04. The van der Waals surface area contributed by atoms with Gasteiger partial charge in [0.25, 0.3) is 0 Å². The Hall–Kier alpha value is -1.13. The van der Waals surface area contributed by atoms with Crippen molar-refractivity contribution in [1.29, 1.82) is 0 Å². The van der Waals surface area contributed by atoms with Crippen molar-refractivity contribution in [3.8, 4) is 5.75 Å². The molecule has 1 aromatic heterocycles. The Morgan fingerprint density at radius 1 is 1.35 bits per heavy atom. The molecular formula is C16H28N2O2. The molecule has 1 heterocycles. The molecule has 20 heavy (non-hydrogen) atoms. The molecule has 0 aliphatic carbocycles. The number of rotatable bonds is 6. The maximum absolute atomic E-state index is 9.19. The number of hydrogen-bond donors (Lipinski definition) is 2. The lowest BCUT2D eigenvalue weighted by Crippen LogP contribution is -2.40. The lowest BCUT2D eigenvalue weighted by molar-refractivity contribution is 0.196. The van der Waals surface area contributed by atoms with Gasteiger partial charge in [0, 0.05) is 36.5 Å². The number of nitrogens with one attached hydrogen (secondary N) is 1. The third kappa shape index (κ3) is 4.18. The molecule has 4 heteroatoms. The zero-order valence-corrected chi connectivity index (χ0v) is 13.6. The van der Waals surface area contributed by atoms with Gasteiger partial charge in [-0.3, -0.25) is 4.98 Å². The molecule has 0 aliphatic heterocycles. The van der Waals surface area contributed by atoms with Gasteiger partial charge in [-0.25, -0.2) is 0 Å². The molecule has 1 atom stereocenters. The van der Waals surface area contributed by atoms with Crippen LogP contribution in [0.2, 0.25) is 0 Å². The average Bonchev–Trinajstić information content (AvgIpc) is 2.35. The van der Waals surface area contributed by atoms with Crippen LogP contribution < -0.4 is 10.1 Å². The standard InChI is InChI=1S/C16H28N2O2/c1-11-9-17-13(12(2)15(11)20-6)10-18-14(7-8-19)16(3,4)5/h9,14,18-19H,7-8,10H2,1-6H3. The van der Waals surface area contributed by atoms with Crippen molar-refractivity contribution < 1.29 is 9.84 Å². The first kappa shape index (κ1) is 16.9. The fourth-order valence-electron chi connectivity index (χ4n) is 2.44. The van der Waals surface area contributed by atoms with Crippen molar-refractivity contribution >= 4 is 0 Å². The van der Waals surface area contributed by atoms with Crippen molar-refractivity contribution in [3.05, 3.63) is 23.0 Å². The van der Waals surface area contributed by atoms with Crippen LogP contribution in [0.15, 0.2) is 6.20 Å². The van der Waals surface area contributed by atoms with E-state index in [4.69, 9.17) is 4.74 Å². The van der Waals surface area contributed by atoms with Crippen LogP contribution in [-0.4, -0.2) is 29.8 Å². The quantitative estimate of drug-likeness (QED) is 0.841. The van der Waals surface area contributed by atoms with Crippen LogP contribution >= 0.6 is 0 Å². The first-order chi connectivity index (χ1) is 9.31. The van der Waals surface area contributed by atoms with E-state index in [9.17, 15) is 5.11 Å². The number of aryl methyl sites for hydroxylation is 1. The minimum Gasteiger partial charge on any atom is -0.496 e. The van der Waals surface area contributed by atoms with E-state index >= 15 is 0 Å². The Kier molecular flexibility index (Phi) is 5.96. The number of aliphatic hydroxyl groups is 1. The SMILES string of the molecule is COc1c(C)cnc(CNC(CCO)C(C)(C)C)c1C. The number of pyridine rings is 1. The summed E-state index contributed by atoms with van der Waals surface area (Å²) in [6.45, 7) is 11.4. The van der Waals surface area contributed by atoms with Gasteiger partial charge in [-0.15, -0.1) is 0 Å². The summed E-state index contributed by atoms with van der Waals surface area (Å²) in [4.78, 5) is 4.50. The Morgan fingerprint density at radius 2 is 2.00 bits per heavy atom. The Labute approximate surface area is 122 Å². The van der Waals surface area contributed by atoms with Gasteiger partial charge in [-0.05, 0) is 25.7 Å². The second-order valence-electron chi connectivity index (χ2n) is 6.36. The average molecular weight is 280 g/mol. The minimum absolute atomic E-state index is 0.103. The Bertz CT molecular complexity index is 439. The molecule has 0 saturated carbocycles. The van der Waals surface area contributed by atoms with Crippen molar-refractivity contribution in [3.63, 3.8) is 0 Å². The summed E-state index contributed by atoms with van der Waals surface area (Å²) in [5.74, 6) is 0.909. The van der Waals surface area contributed by atoms with Crippen molar-refractivity contribution in [2.45, 2.75) is 53.6 Å². The van der Waals surface area contributed by atoms with Crippen LogP contribution in [0.5, 0.6) is 5.75 Å². The first-order valence-electron chi connectivity index (χ1n) is 7.14. The van der Waals surface area contributed by atoms with E-state index in [1.165, 1.54) is 0 Å². The van der Waals surface area contributed by atoms with Crippen LogP contribution in [0, 0.1) is 19.3 Å². The predicted molar refractivity (Wildman–Crippen MR) is 82.0 cm³/mol. The lowest BCUT2D eigenvalue weighted by atomic mass is 9.85. The minimum atomic E-state index is 0.103. The Balaban J connectivity index is 2.83. The smallest absolute Gasteiger partial charge is 0.128 e. The van der Waals surface area contributed by atoms with Gasteiger partial charge in [0.15, 0.2) is 0 Å². The molecule has 0 radical (unpaired) electrons. The normalized spacial score (nSPS) is 13.3. The van der Waals surface area contributed by atoms with E-state index in [0.29, 0.717) is 6.54 Å². The molecule has 0 bridgehead atoms. The molecule has 0 aliphatic rings. The monoisotopic (exact) mass is 280 g/mol. The molecule has 0 saturated heterocycles. The van der Waals surface area contributed by atoms with Gasteiger partial charge in [0.2, 0.25) is 0 Å². The van der Waals surface area contributed by atoms with E-state index in [0.717, 1.165) is 29.0 Å². The summed E-state index contributed by atoms with van der Waals surface area (Å²) in [7, 11) is 1.69. The molecule has 1 rings (SSSR count). The number of ether oxygens (including phenoxy) is 1. The van der Waals surface area contributed by atoms with Crippen molar-refractivity contribution in [2.75, 3.05) is 13.7 Å². The number of aromatic nitrogens is 1. The molecule has 1 unspecified atom stereocenters. The van der Waals surface area contributed by atoms with Crippen molar-refractivity contribution in [2.24, 2.45) is 5.41 Å². The van der Waals surface area contributed by atoms with Crippen LogP contribution in [0.4, 0.5) is 0 Å². The van der Waals surface area contributed by atoms with E-state index in [-0.39, 0.29) is 18.1 Å². The molecule has 0 spiro atoms. The van der Waals surface area contributed by atoms with E-state index in [1.807, 2.05) is 20.0 Å². The summed E-state index contributed by atoms with van der Waals surface area (Å²) < 4.78 is 5.43. The highest BCUT2D eigenvalue weighted by Gasteiger charge is 2.24. The van der Waals surface area contributed by atoms with Crippen LogP contribution in [-0.2, 0) is 6.54 Å². The highest BCUT2D eigenvalue weighted by Crippen LogP contribution is 2.25. The fraction of sp³-hybridized carbons (Fsp3) is 0.688. The van der Waals surface area contributed by atoms with Gasteiger partial charge in [-0.1, -0.05) is 20.8 Å². The maximum Gasteiger partial charge on any atom is 0.128 e. The highest BCUT2D eigenvalue weighted by atomic mass is 16.5. The van der Waals surface area contributed by atoms with Gasteiger partial charge in [0.05, 0.1) is 12.8 Å². The zero-order chi connectivity index (χ0) is 15.3. The number of nitrogens with zero attached hydrogens (tertiary/aromatic N) is 1. The topological polar surface area (TPSA) is 54.4 Å². The van der Waals surface area contributed by atoms with Gasteiger partial charge < -0.3 is 15.2 Å². The summed E-state index contributed by atoms with van der Waals surface area (Å²) in [6, 6.07) is 0.251. The second-order valence-corrected chi connectivity index (χ2v) is 6.36. The molecule has 4 nitrogen and oxygen atoms in total. The van der Waals surface area contributed by atoms with E-state index in [1.54, 1.807) is 7.11 Å². The molecule has 0 fully saturated rings. The third-order valence-electron chi connectivity index (χ3n) is 3.73. The summed E-state index contributed by atoms with van der Waals surface area (Å²) >= 11 is 0. The van der Waals surface area contributed by atoms with Crippen LogP contribution in [0.3, 0.4) is 0 Å². The van der Waals surface area contributed by atoms with E-state index < -0.39 is 0 Å². The molecule has 114 valence electrons. The summed E-state index contributed by atoms with van der Waals surface area (Å²) in [5, 5.41) is 12.7. The maximum atomic E-state index is 9.19. The third-order valence-corrected chi connectivity index (χ3v) is 3.73. The van der Waals surface area contributed by atoms with Crippen molar-refractivity contribution in [1.82, 2.24) is 10.3 Å². The number of aliphatic hydroxyl groups excluding tert-OH is 1. The largest absolute Gasteiger partial charge is 0.496 e. The number of hydrogen-bond acceptors (Lipinski definition) is 4. The van der Waals surface area contributed by atoms with Gasteiger partial charge in [-0.2, -0.15) is 0 Å². The molecule has 0 amide bonds. The van der Waals surface area contributed by atoms with Gasteiger partial charge in [0.1, 0.15) is 5.75 Å². The van der Waals surface area contributed by atoms with E-state index in [2.05, 4.69) is 31.1 Å². The highest BCUT2D eigenvalue weighted by molar-refractivity contribution is 5.41. The van der Waals surface area contributed by atoms with Gasteiger partial charge >= 0.3 is 0 Å². The van der Waals surface area contributed by atoms with Crippen LogP contribution in [0.25, 0.3) is 0 Å². The Morgan fingerprint density at radius 3 is 2.50 bits per heavy atom. The number of methoxy groups -OCH3 is 1. The zero-order valence-electron chi connectivity index (χ0n) is 13.6. The summed E-state index contributed by atoms with van der Waals surface area (Å²) in [5.41, 5.74) is 3.23.